The molecule has 24 heavy (non-hydrogen) atoms. The van der Waals surface area contributed by atoms with Crippen LogP contribution in [0.25, 0.3) is 5.65 Å². The van der Waals surface area contributed by atoms with E-state index in [4.69, 9.17) is 0 Å². The Kier molecular flexibility index (Phi) is 4.04. The van der Waals surface area contributed by atoms with Gasteiger partial charge in [0.15, 0.2) is 0 Å². The van der Waals surface area contributed by atoms with Gasteiger partial charge < -0.3 is 10.4 Å². The molecule has 2 heterocycles. The predicted octanol–water partition coefficient (Wildman–Crippen LogP) is 3.16. The molecule has 1 aromatic carbocycles. The number of hydrogen-bond acceptors (Lipinski definition) is 3. The van der Waals surface area contributed by atoms with Crippen molar-refractivity contribution in [1.82, 2.24) is 9.38 Å². The number of aromatic carboxylic acids is 1. The van der Waals surface area contributed by atoms with Gasteiger partial charge in [0.1, 0.15) is 11.3 Å². The molecule has 0 aliphatic carbocycles. The highest BCUT2D eigenvalue weighted by molar-refractivity contribution is 6.07. The van der Waals surface area contributed by atoms with E-state index in [0.717, 1.165) is 5.56 Å². The van der Waals surface area contributed by atoms with Crippen molar-refractivity contribution in [3.05, 3.63) is 65.1 Å². The molecule has 3 rings (SSSR count). The molecule has 1 amide bonds. The molecule has 0 saturated heterocycles. The number of pyridine rings is 1. The van der Waals surface area contributed by atoms with Crippen molar-refractivity contribution in [1.29, 1.82) is 0 Å². The molecule has 6 heteroatoms. The lowest BCUT2D eigenvalue weighted by atomic mass is 10.1. The maximum Gasteiger partial charge on any atom is 0.337 e. The molecule has 0 saturated carbocycles. The third-order valence-electron chi connectivity index (χ3n) is 3.79. The van der Waals surface area contributed by atoms with Crippen molar-refractivity contribution in [3.63, 3.8) is 0 Å². The van der Waals surface area contributed by atoms with Crippen molar-refractivity contribution in [2.45, 2.75) is 20.3 Å². The van der Waals surface area contributed by atoms with Crippen LogP contribution in [0.4, 0.5) is 5.69 Å². The van der Waals surface area contributed by atoms with E-state index in [0.29, 0.717) is 23.5 Å². The Morgan fingerprint density at radius 2 is 1.96 bits per heavy atom. The van der Waals surface area contributed by atoms with E-state index < -0.39 is 5.97 Å². The minimum atomic E-state index is -1.09. The van der Waals surface area contributed by atoms with Gasteiger partial charge in [0.25, 0.3) is 5.91 Å². The van der Waals surface area contributed by atoms with E-state index in [9.17, 15) is 14.7 Å². The fraction of sp³-hybridized carbons (Fsp3) is 0.167. The highest BCUT2D eigenvalue weighted by Gasteiger charge is 2.20. The number of nitrogens with zero attached hydrogens (tertiary/aromatic N) is 2. The number of carboxylic acid groups (broad SMARTS) is 1. The Bertz CT molecular complexity index is 944. The molecule has 0 aliphatic heterocycles. The summed E-state index contributed by atoms with van der Waals surface area (Å²) in [5, 5.41) is 11.9. The zero-order valence-electron chi connectivity index (χ0n) is 13.4. The molecule has 0 atom stereocenters. The molecular weight excluding hydrogens is 306 g/mol. The van der Waals surface area contributed by atoms with Gasteiger partial charge in [-0.2, -0.15) is 0 Å². The van der Waals surface area contributed by atoms with Gasteiger partial charge in [0, 0.05) is 6.20 Å². The number of aromatic nitrogens is 2. The number of fused-ring (bicyclic) bond motifs is 1. The van der Waals surface area contributed by atoms with Gasteiger partial charge in [-0.05, 0) is 37.1 Å². The van der Waals surface area contributed by atoms with Crippen LogP contribution in [0, 0.1) is 6.92 Å². The number of carboxylic acids is 1. The van der Waals surface area contributed by atoms with Crippen LogP contribution < -0.4 is 5.32 Å². The fourth-order valence-electron chi connectivity index (χ4n) is 2.65. The Morgan fingerprint density at radius 1 is 1.21 bits per heavy atom. The Morgan fingerprint density at radius 3 is 2.67 bits per heavy atom. The summed E-state index contributed by atoms with van der Waals surface area (Å²) in [5.74, 6) is -1.46. The smallest absolute Gasteiger partial charge is 0.337 e. The zero-order valence-corrected chi connectivity index (χ0v) is 13.4. The summed E-state index contributed by atoms with van der Waals surface area (Å²) in [6, 6.07) is 10.1. The lowest BCUT2D eigenvalue weighted by molar-refractivity contribution is 0.0698. The normalized spacial score (nSPS) is 10.8. The number of para-hydroxylation sites is 1. The first-order valence-corrected chi connectivity index (χ1v) is 7.62. The van der Waals surface area contributed by atoms with Crippen molar-refractivity contribution in [2.24, 2.45) is 0 Å². The van der Waals surface area contributed by atoms with E-state index in [-0.39, 0.29) is 17.2 Å². The number of anilines is 1. The summed E-state index contributed by atoms with van der Waals surface area (Å²) < 4.78 is 1.74. The largest absolute Gasteiger partial charge is 0.478 e. The van der Waals surface area contributed by atoms with Gasteiger partial charge in [0.2, 0.25) is 0 Å². The highest BCUT2D eigenvalue weighted by atomic mass is 16.4. The second kappa shape index (κ2) is 6.16. The minimum Gasteiger partial charge on any atom is -0.478 e. The molecule has 3 aromatic rings. The van der Waals surface area contributed by atoms with Crippen LogP contribution in [-0.2, 0) is 6.42 Å². The number of carbonyl (C=O) groups excluding carboxylic acids is 1. The van der Waals surface area contributed by atoms with Crippen LogP contribution in [0.3, 0.4) is 0 Å². The second-order valence-corrected chi connectivity index (χ2v) is 5.50. The average Bonchev–Trinajstić information content (AvgIpc) is 2.92. The average molecular weight is 323 g/mol. The van der Waals surface area contributed by atoms with E-state index in [2.05, 4.69) is 10.3 Å². The third kappa shape index (κ3) is 2.74. The van der Waals surface area contributed by atoms with Crippen LogP contribution in [0.5, 0.6) is 0 Å². The number of aryl methyl sites for hydroxylation is 2. The van der Waals surface area contributed by atoms with Gasteiger partial charge in [-0.25, -0.2) is 9.78 Å². The van der Waals surface area contributed by atoms with Crippen molar-refractivity contribution in [3.8, 4) is 0 Å². The molecule has 2 N–H and O–H groups in total. The Hall–Kier alpha value is -3.15. The summed E-state index contributed by atoms with van der Waals surface area (Å²) in [6.45, 7) is 3.86. The van der Waals surface area contributed by atoms with E-state index in [1.165, 1.54) is 6.07 Å². The first kappa shape index (κ1) is 15.7. The van der Waals surface area contributed by atoms with Crippen molar-refractivity contribution < 1.29 is 14.7 Å². The van der Waals surface area contributed by atoms with Crippen LogP contribution >= 0.6 is 0 Å². The summed E-state index contributed by atoms with van der Waals surface area (Å²) in [5.41, 5.74) is 3.10. The number of hydrogen-bond donors (Lipinski definition) is 2. The van der Waals surface area contributed by atoms with Gasteiger partial charge in [-0.3, -0.25) is 9.20 Å². The Labute approximate surface area is 138 Å². The van der Waals surface area contributed by atoms with Crippen LogP contribution in [0.15, 0.2) is 42.6 Å². The molecule has 122 valence electrons. The maximum absolute atomic E-state index is 12.8. The Balaban J connectivity index is 2.06. The number of carbonyl (C=O) groups is 2. The topological polar surface area (TPSA) is 83.7 Å². The summed E-state index contributed by atoms with van der Waals surface area (Å²) in [4.78, 5) is 28.6. The monoisotopic (exact) mass is 323 g/mol. The quantitative estimate of drug-likeness (QED) is 0.772. The molecule has 0 aliphatic rings. The summed E-state index contributed by atoms with van der Waals surface area (Å²) in [6.07, 6.45) is 2.45. The molecule has 0 bridgehead atoms. The molecule has 0 spiro atoms. The number of benzene rings is 1. The lowest BCUT2D eigenvalue weighted by Crippen LogP contribution is -2.18. The van der Waals surface area contributed by atoms with Gasteiger partial charge >= 0.3 is 5.97 Å². The summed E-state index contributed by atoms with van der Waals surface area (Å²) >= 11 is 0. The molecular formula is C18H17N3O3. The minimum absolute atomic E-state index is 0.0499. The number of amides is 1. The number of rotatable bonds is 4. The van der Waals surface area contributed by atoms with E-state index >= 15 is 0 Å². The SMILES string of the molecule is CCc1nc2ccc(C)cn2c1C(=O)Nc1ccccc1C(=O)O. The van der Waals surface area contributed by atoms with Gasteiger partial charge in [-0.1, -0.05) is 25.1 Å². The lowest BCUT2D eigenvalue weighted by Gasteiger charge is -2.09. The van der Waals surface area contributed by atoms with E-state index in [1.54, 1.807) is 22.6 Å². The first-order valence-electron chi connectivity index (χ1n) is 7.62. The van der Waals surface area contributed by atoms with Crippen LogP contribution in [0.1, 0.15) is 39.0 Å². The maximum atomic E-state index is 12.8. The third-order valence-corrected chi connectivity index (χ3v) is 3.79. The van der Waals surface area contributed by atoms with Crippen molar-refractivity contribution in [2.75, 3.05) is 5.32 Å². The fourth-order valence-corrected chi connectivity index (χ4v) is 2.65. The van der Waals surface area contributed by atoms with Gasteiger partial charge in [-0.15, -0.1) is 0 Å². The van der Waals surface area contributed by atoms with Gasteiger partial charge in [0.05, 0.1) is 16.9 Å². The standard InChI is InChI=1S/C18H17N3O3/c1-3-13-16(21-10-11(2)8-9-15(21)19-13)17(22)20-14-7-5-4-6-12(14)18(23)24/h4-10H,3H2,1-2H3,(H,20,22)(H,23,24). The second-order valence-electron chi connectivity index (χ2n) is 5.50. The highest BCUT2D eigenvalue weighted by Crippen LogP contribution is 2.19. The predicted molar refractivity (Wildman–Crippen MR) is 90.7 cm³/mol. The molecule has 6 nitrogen and oxygen atoms in total. The summed E-state index contributed by atoms with van der Waals surface area (Å²) in [7, 11) is 0. The number of nitrogens with one attached hydrogen (secondary N) is 1. The first-order chi connectivity index (χ1) is 11.5. The molecule has 2 aromatic heterocycles. The number of imidazole rings is 1. The zero-order chi connectivity index (χ0) is 17.3. The van der Waals surface area contributed by atoms with Crippen LogP contribution in [0.2, 0.25) is 0 Å². The van der Waals surface area contributed by atoms with Crippen molar-refractivity contribution >= 4 is 23.2 Å². The van der Waals surface area contributed by atoms with E-state index in [1.807, 2.05) is 32.2 Å². The molecule has 0 radical (unpaired) electrons. The molecule has 0 fully saturated rings. The molecule has 0 unspecified atom stereocenters. The van der Waals surface area contributed by atoms with Crippen LogP contribution in [-0.4, -0.2) is 26.4 Å².